The summed E-state index contributed by atoms with van der Waals surface area (Å²) in [5.41, 5.74) is 1.38. The van der Waals surface area contributed by atoms with Gasteiger partial charge in [0.15, 0.2) is 0 Å². The van der Waals surface area contributed by atoms with Gasteiger partial charge < -0.3 is 5.32 Å². The van der Waals surface area contributed by atoms with E-state index in [1.54, 1.807) is 0 Å². The molecule has 0 aromatic carbocycles. The summed E-state index contributed by atoms with van der Waals surface area (Å²) in [4.78, 5) is 0. The molecule has 1 N–H and O–H groups in total. The Morgan fingerprint density at radius 3 is 2.53 bits per heavy atom. The molecule has 0 saturated heterocycles. The lowest BCUT2D eigenvalue weighted by Gasteiger charge is -2.33. The Balaban J connectivity index is 2.03. The summed E-state index contributed by atoms with van der Waals surface area (Å²) in [7, 11) is 0. The molecule has 1 aliphatic rings. The molecule has 0 amide bonds. The predicted octanol–water partition coefficient (Wildman–Crippen LogP) is 3.77. The third kappa shape index (κ3) is 3.59. The van der Waals surface area contributed by atoms with Gasteiger partial charge in [0.1, 0.15) is 0 Å². The Hall–Kier alpha value is -0.830. The number of hydrogen-bond acceptors (Lipinski definition) is 2. The van der Waals surface area contributed by atoms with Gasteiger partial charge in [0.05, 0.1) is 6.20 Å². The van der Waals surface area contributed by atoms with Crippen molar-refractivity contribution in [3.63, 3.8) is 0 Å². The highest BCUT2D eigenvalue weighted by Crippen LogP contribution is 2.37. The Bertz CT molecular complexity index is 364. The zero-order chi connectivity index (χ0) is 13.7. The van der Waals surface area contributed by atoms with Crippen LogP contribution in [-0.2, 0) is 6.54 Å². The van der Waals surface area contributed by atoms with E-state index in [9.17, 15) is 0 Å². The molecule has 1 aliphatic carbocycles. The van der Waals surface area contributed by atoms with Crippen molar-refractivity contribution >= 4 is 0 Å². The first-order chi connectivity index (χ1) is 9.28. The molecule has 19 heavy (non-hydrogen) atoms. The van der Waals surface area contributed by atoms with Gasteiger partial charge in [-0.1, -0.05) is 33.1 Å². The highest BCUT2D eigenvalue weighted by molar-refractivity contribution is 5.12. The smallest absolute Gasteiger partial charge is 0.0537 e. The third-order valence-electron chi connectivity index (χ3n) is 4.70. The van der Waals surface area contributed by atoms with Crippen molar-refractivity contribution < 1.29 is 0 Å². The zero-order valence-electron chi connectivity index (χ0n) is 12.7. The fraction of sp³-hybridized carbons (Fsp3) is 0.812. The lowest BCUT2D eigenvalue weighted by Crippen LogP contribution is -2.30. The number of nitrogens with one attached hydrogen (secondary N) is 1. The number of aryl methyl sites for hydroxylation is 1. The van der Waals surface area contributed by atoms with Crippen LogP contribution in [0.5, 0.6) is 0 Å². The van der Waals surface area contributed by atoms with Gasteiger partial charge in [-0.3, -0.25) is 4.68 Å². The summed E-state index contributed by atoms with van der Waals surface area (Å²) in [6.07, 6.45) is 11.2. The minimum Gasteiger partial charge on any atom is -0.310 e. The molecule has 0 aliphatic heterocycles. The number of nitrogens with zero attached hydrogens (tertiary/aromatic N) is 2. The van der Waals surface area contributed by atoms with Crippen molar-refractivity contribution in [2.45, 2.75) is 65.5 Å². The molecule has 0 bridgehead atoms. The molecular formula is C16H29N3. The van der Waals surface area contributed by atoms with Crippen molar-refractivity contribution in [3.05, 3.63) is 18.0 Å². The molecule has 1 heterocycles. The second-order valence-corrected chi connectivity index (χ2v) is 5.85. The summed E-state index contributed by atoms with van der Waals surface area (Å²) in [5.74, 6) is 1.76. The SMILES string of the molecule is CCNC(c1cnn(CC)c1)C1CCC(CC)CC1. The van der Waals surface area contributed by atoms with Crippen LogP contribution in [-0.4, -0.2) is 16.3 Å². The van der Waals surface area contributed by atoms with Crippen LogP contribution < -0.4 is 5.32 Å². The van der Waals surface area contributed by atoms with Crippen LogP contribution in [0.1, 0.15) is 64.5 Å². The van der Waals surface area contributed by atoms with Gasteiger partial charge in [0, 0.05) is 24.3 Å². The minimum absolute atomic E-state index is 0.503. The van der Waals surface area contributed by atoms with Crippen molar-refractivity contribution in [1.82, 2.24) is 15.1 Å². The van der Waals surface area contributed by atoms with Gasteiger partial charge in [-0.25, -0.2) is 0 Å². The lowest BCUT2D eigenvalue weighted by molar-refractivity contribution is 0.220. The Kier molecular flexibility index (Phi) is 5.44. The summed E-state index contributed by atoms with van der Waals surface area (Å²) < 4.78 is 2.04. The zero-order valence-corrected chi connectivity index (χ0v) is 12.7. The molecule has 1 unspecified atom stereocenters. The van der Waals surface area contributed by atoms with Crippen molar-refractivity contribution in [2.75, 3.05) is 6.54 Å². The van der Waals surface area contributed by atoms with Crippen LogP contribution in [0.2, 0.25) is 0 Å². The fourth-order valence-corrected chi connectivity index (χ4v) is 3.42. The van der Waals surface area contributed by atoms with Crippen molar-refractivity contribution in [1.29, 1.82) is 0 Å². The van der Waals surface area contributed by atoms with Crippen LogP contribution in [0.15, 0.2) is 12.4 Å². The first-order valence-electron chi connectivity index (χ1n) is 8.04. The number of rotatable bonds is 6. The van der Waals surface area contributed by atoms with Crippen LogP contribution in [0, 0.1) is 11.8 Å². The maximum atomic E-state index is 4.44. The molecule has 1 atom stereocenters. The van der Waals surface area contributed by atoms with E-state index in [1.807, 2.05) is 4.68 Å². The van der Waals surface area contributed by atoms with Gasteiger partial charge in [0.2, 0.25) is 0 Å². The second-order valence-electron chi connectivity index (χ2n) is 5.85. The maximum absolute atomic E-state index is 4.44. The van der Waals surface area contributed by atoms with E-state index >= 15 is 0 Å². The summed E-state index contributed by atoms with van der Waals surface area (Å²) in [6, 6.07) is 0.503. The quantitative estimate of drug-likeness (QED) is 0.846. The third-order valence-corrected chi connectivity index (χ3v) is 4.70. The van der Waals surface area contributed by atoms with E-state index in [-0.39, 0.29) is 0 Å². The summed E-state index contributed by atoms with van der Waals surface area (Å²) in [6.45, 7) is 8.68. The molecule has 108 valence electrons. The normalized spacial score (nSPS) is 25.4. The molecule has 3 nitrogen and oxygen atoms in total. The Labute approximate surface area is 117 Å². The average Bonchev–Trinajstić information content (AvgIpc) is 2.93. The van der Waals surface area contributed by atoms with Crippen LogP contribution in [0.3, 0.4) is 0 Å². The van der Waals surface area contributed by atoms with Crippen molar-refractivity contribution in [3.8, 4) is 0 Å². The van der Waals surface area contributed by atoms with Gasteiger partial charge in [-0.05, 0) is 38.1 Å². The van der Waals surface area contributed by atoms with Crippen molar-refractivity contribution in [2.24, 2.45) is 11.8 Å². The minimum atomic E-state index is 0.503. The topological polar surface area (TPSA) is 29.9 Å². The Morgan fingerprint density at radius 1 is 1.26 bits per heavy atom. The highest BCUT2D eigenvalue weighted by Gasteiger charge is 2.28. The molecule has 2 rings (SSSR count). The van der Waals surface area contributed by atoms with Crippen LogP contribution in [0.4, 0.5) is 0 Å². The lowest BCUT2D eigenvalue weighted by atomic mass is 9.76. The van der Waals surface area contributed by atoms with Gasteiger partial charge in [0.25, 0.3) is 0 Å². The molecular weight excluding hydrogens is 234 g/mol. The monoisotopic (exact) mass is 263 g/mol. The molecule has 0 spiro atoms. The van der Waals surface area contributed by atoms with E-state index in [2.05, 4.69) is 43.6 Å². The van der Waals surface area contributed by atoms with E-state index < -0.39 is 0 Å². The highest BCUT2D eigenvalue weighted by atomic mass is 15.3. The maximum Gasteiger partial charge on any atom is 0.0537 e. The van der Waals surface area contributed by atoms with Gasteiger partial charge in [-0.2, -0.15) is 5.10 Å². The largest absolute Gasteiger partial charge is 0.310 e. The van der Waals surface area contributed by atoms with E-state index in [0.29, 0.717) is 6.04 Å². The molecule has 1 fully saturated rings. The van der Waals surface area contributed by atoms with E-state index in [1.165, 1.54) is 37.7 Å². The first-order valence-corrected chi connectivity index (χ1v) is 8.04. The van der Waals surface area contributed by atoms with E-state index in [0.717, 1.165) is 24.9 Å². The number of hydrogen-bond donors (Lipinski definition) is 1. The average molecular weight is 263 g/mol. The van der Waals surface area contributed by atoms with Gasteiger partial charge in [-0.15, -0.1) is 0 Å². The molecule has 1 aromatic rings. The first kappa shape index (κ1) is 14.6. The molecule has 1 saturated carbocycles. The standard InChI is InChI=1S/C16H29N3/c1-4-13-7-9-14(10-8-13)16(17-5-2)15-11-18-19(6-3)12-15/h11-14,16-17H,4-10H2,1-3H3. The fourth-order valence-electron chi connectivity index (χ4n) is 3.42. The van der Waals surface area contributed by atoms with Crippen LogP contribution >= 0.6 is 0 Å². The Morgan fingerprint density at radius 2 is 2.00 bits per heavy atom. The molecule has 0 radical (unpaired) electrons. The van der Waals surface area contributed by atoms with Crippen LogP contribution in [0.25, 0.3) is 0 Å². The van der Waals surface area contributed by atoms with Gasteiger partial charge >= 0.3 is 0 Å². The van der Waals surface area contributed by atoms with E-state index in [4.69, 9.17) is 0 Å². The predicted molar refractivity (Wildman–Crippen MR) is 80.1 cm³/mol. The molecule has 3 heteroatoms. The summed E-state index contributed by atoms with van der Waals surface area (Å²) >= 11 is 0. The number of aromatic nitrogens is 2. The summed E-state index contributed by atoms with van der Waals surface area (Å²) in [5, 5.41) is 8.13. The molecule has 1 aromatic heterocycles. The second kappa shape index (κ2) is 7.09.